The summed E-state index contributed by atoms with van der Waals surface area (Å²) < 4.78 is 47.1. The second kappa shape index (κ2) is 6.61. The van der Waals surface area contributed by atoms with E-state index in [9.17, 15) is 13.2 Å². The van der Waals surface area contributed by atoms with Gasteiger partial charge in [0.25, 0.3) is 0 Å². The Morgan fingerprint density at radius 3 is 2.29 bits per heavy atom. The molecule has 5 heteroatoms. The highest BCUT2D eigenvalue weighted by Gasteiger charge is 2.33. The first-order chi connectivity index (χ1) is 8.03. The number of benzene rings is 1. The molecule has 96 valence electrons. The number of hydrogen-bond donors (Lipinski definition) is 0. The predicted octanol–water partition coefficient (Wildman–Crippen LogP) is 3.34. The van der Waals surface area contributed by atoms with Gasteiger partial charge in [-0.25, -0.2) is 0 Å². The lowest BCUT2D eigenvalue weighted by Crippen LogP contribution is -2.18. The molecule has 0 unspecified atom stereocenters. The maximum atomic E-state index is 12.4. The second-order valence-corrected chi connectivity index (χ2v) is 3.58. The Morgan fingerprint density at radius 1 is 1.12 bits per heavy atom. The molecule has 0 saturated carbocycles. The van der Waals surface area contributed by atoms with Crippen molar-refractivity contribution in [3.05, 3.63) is 35.9 Å². The van der Waals surface area contributed by atoms with Crippen LogP contribution in [0.25, 0.3) is 0 Å². The van der Waals surface area contributed by atoms with Crippen LogP contribution < -0.4 is 0 Å². The van der Waals surface area contributed by atoms with E-state index in [4.69, 9.17) is 9.47 Å². The normalized spacial score (nSPS) is 13.6. The van der Waals surface area contributed by atoms with Gasteiger partial charge in [-0.05, 0) is 5.56 Å². The molecule has 0 saturated heterocycles. The van der Waals surface area contributed by atoms with Gasteiger partial charge in [-0.1, -0.05) is 30.3 Å². The van der Waals surface area contributed by atoms with E-state index < -0.39 is 18.7 Å². The van der Waals surface area contributed by atoms with E-state index in [1.807, 2.05) is 0 Å². The van der Waals surface area contributed by atoms with E-state index >= 15 is 0 Å². The molecule has 0 aliphatic heterocycles. The van der Waals surface area contributed by atoms with E-state index in [1.54, 1.807) is 30.3 Å². The number of ether oxygens (including phenoxy) is 2. The maximum Gasteiger partial charge on any atom is 0.391 e. The van der Waals surface area contributed by atoms with Crippen LogP contribution in [0.2, 0.25) is 0 Å². The lowest BCUT2D eigenvalue weighted by Gasteiger charge is -2.19. The van der Waals surface area contributed by atoms with Crippen LogP contribution in [-0.4, -0.2) is 26.5 Å². The Balaban J connectivity index is 2.65. The molecule has 0 amide bonds. The zero-order chi connectivity index (χ0) is 12.7. The molecular formula is C12H15F3O2. The fourth-order valence-corrected chi connectivity index (χ4v) is 1.42. The van der Waals surface area contributed by atoms with Crippen molar-refractivity contribution in [1.82, 2.24) is 0 Å². The third-order valence-corrected chi connectivity index (χ3v) is 2.19. The monoisotopic (exact) mass is 248 g/mol. The number of hydrogen-bond acceptors (Lipinski definition) is 2. The van der Waals surface area contributed by atoms with Crippen LogP contribution >= 0.6 is 0 Å². The second-order valence-electron chi connectivity index (χ2n) is 3.58. The Bertz CT molecular complexity index is 311. The standard InChI is InChI=1S/C12H15F3O2/c1-16-7-8-17-11(9-12(13,14)15)10-5-3-2-4-6-10/h2-6,11H,7-9H2,1H3/t11-/m0/s1. The van der Waals surface area contributed by atoms with Crippen LogP contribution in [0.4, 0.5) is 13.2 Å². The van der Waals surface area contributed by atoms with Crippen LogP contribution in [0.3, 0.4) is 0 Å². The van der Waals surface area contributed by atoms with Crippen molar-refractivity contribution in [1.29, 1.82) is 0 Å². The Kier molecular flexibility index (Phi) is 5.44. The fraction of sp³-hybridized carbons (Fsp3) is 0.500. The molecule has 0 heterocycles. The van der Waals surface area contributed by atoms with Crippen LogP contribution in [0.15, 0.2) is 30.3 Å². The zero-order valence-electron chi connectivity index (χ0n) is 9.54. The molecule has 1 atom stereocenters. The number of alkyl halides is 3. The van der Waals surface area contributed by atoms with E-state index in [1.165, 1.54) is 7.11 Å². The first kappa shape index (κ1) is 14.0. The van der Waals surface area contributed by atoms with Gasteiger partial charge in [0.15, 0.2) is 0 Å². The minimum absolute atomic E-state index is 0.145. The molecule has 17 heavy (non-hydrogen) atoms. The van der Waals surface area contributed by atoms with Gasteiger partial charge >= 0.3 is 6.18 Å². The Labute approximate surface area is 98.3 Å². The van der Waals surface area contributed by atoms with Gasteiger partial charge in [0, 0.05) is 7.11 Å². The van der Waals surface area contributed by atoms with Crippen LogP contribution in [0.5, 0.6) is 0 Å². The average Bonchev–Trinajstić information content (AvgIpc) is 2.28. The van der Waals surface area contributed by atoms with Gasteiger partial charge in [0.05, 0.1) is 25.7 Å². The molecule has 0 N–H and O–H groups in total. The molecule has 0 bridgehead atoms. The number of halogens is 3. The zero-order valence-corrected chi connectivity index (χ0v) is 9.54. The summed E-state index contributed by atoms with van der Waals surface area (Å²) in [5.74, 6) is 0. The molecule has 1 aromatic carbocycles. The highest BCUT2D eigenvalue weighted by atomic mass is 19.4. The smallest absolute Gasteiger partial charge is 0.382 e. The van der Waals surface area contributed by atoms with E-state index in [0.29, 0.717) is 5.56 Å². The van der Waals surface area contributed by atoms with Gasteiger partial charge in [0.1, 0.15) is 0 Å². The van der Waals surface area contributed by atoms with Gasteiger partial charge in [0.2, 0.25) is 0 Å². The Hall–Kier alpha value is -1.07. The van der Waals surface area contributed by atoms with Crippen molar-refractivity contribution >= 4 is 0 Å². The quantitative estimate of drug-likeness (QED) is 0.719. The van der Waals surface area contributed by atoms with Gasteiger partial charge < -0.3 is 9.47 Å². The topological polar surface area (TPSA) is 18.5 Å². The lowest BCUT2D eigenvalue weighted by atomic mass is 10.1. The van der Waals surface area contributed by atoms with Crippen molar-refractivity contribution in [2.75, 3.05) is 20.3 Å². The van der Waals surface area contributed by atoms with Crippen LogP contribution in [0.1, 0.15) is 18.1 Å². The van der Waals surface area contributed by atoms with Crippen LogP contribution in [0, 0.1) is 0 Å². The van der Waals surface area contributed by atoms with Crippen molar-refractivity contribution in [3.63, 3.8) is 0 Å². The predicted molar refractivity (Wildman–Crippen MR) is 57.7 cm³/mol. The van der Waals surface area contributed by atoms with Gasteiger partial charge in [-0.2, -0.15) is 13.2 Å². The van der Waals surface area contributed by atoms with E-state index in [-0.39, 0.29) is 13.2 Å². The molecule has 0 aliphatic rings. The van der Waals surface area contributed by atoms with E-state index in [0.717, 1.165) is 0 Å². The van der Waals surface area contributed by atoms with Crippen molar-refractivity contribution in [2.45, 2.75) is 18.7 Å². The van der Waals surface area contributed by atoms with Crippen molar-refractivity contribution < 1.29 is 22.6 Å². The fourth-order valence-electron chi connectivity index (χ4n) is 1.42. The van der Waals surface area contributed by atoms with Gasteiger partial charge in [-0.3, -0.25) is 0 Å². The lowest BCUT2D eigenvalue weighted by molar-refractivity contribution is -0.163. The summed E-state index contributed by atoms with van der Waals surface area (Å²) >= 11 is 0. The van der Waals surface area contributed by atoms with E-state index in [2.05, 4.69) is 0 Å². The SMILES string of the molecule is COCCO[C@@H](CC(F)(F)F)c1ccccc1. The molecule has 2 nitrogen and oxygen atoms in total. The third kappa shape index (κ3) is 5.70. The minimum Gasteiger partial charge on any atom is -0.382 e. The summed E-state index contributed by atoms with van der Waals surface area (Å²) in [5, 5.41) is 0. The molecule has 0 aliphatic carbocycles. The van der Waals surface area contributed by atoms with Crippen molar-refractivity contribution in [2.24, 2.45) is 0 Å². The summed E-state index contributed by atoms with van der Waals surface area (Å²) in [5.41, 5.74) is 0.529. The molecule has 0 fully saturated rings. The first-order valence-electron chi connectivity index (χ1n) is 5.25. The molecular weight excluding hydrogens is 233 g/mol. The first-order valence-corrected chi connectivity index (χ1v) is 5.25. The minimum atomic E-state index is -4.24. The largest absolute Gasteiger partial charge is 0.391 e. The molecule has 1 rings (SSSR count). The molecule has 0 radical (unpaired) electrons. The molecule has 0 spiro atoms. The molecule has 1 aromatic rings. The summed E-state index contributed by atoms with van der Waals surface area (Å²) in [6.45, 7) is 0.424. The Morgan fingerprint density at radius 2 is 1.76 bits per heavy atom. The maximum absolute atomic E-state index is 12.4. The number of rotatable bonds is 6. The van der Waals surface area contributed by atoms with Crippen LogP contribution in [-0.2, 0) is 9.47 Å². The average molecular weight is 248 g/mol. The number of methoxy groups -OCH3 is 1. The van der Waals surface area contributed by atoms with Gasteiger partial charge in [-0.15, -0.1) is 0 Å². The highest BCUT2D eigenvalue weighted by Crippen LogP contribution is 2.31. The van der Waals surface area contributed by atoms with Crippen molar-refractivity contribution in [3.8, 4) is 0 Å². The molecule has 0 aromatic heterocycles. The third-order valence-electron chi connectivity index (χ3n) is 2.19. The highest BCUT2D eigenvalue weighted by molar-refractivity contribution is 5.17. The summed E-state index contributed by atoms with van der Waals surface area (Å²) in [4.78, 5) is 0. The summed E-state index contributed by atoms with van der Waals surface area (Å²) in [6, 6.07) is 8.40. The summed E-state index contributed by atoms with van der Waals surface area (Å²) in [7, 11) is 1.48. The summed E-state index contributed by atoms with van der Waals surface area (Å²) in [6.07, 6.45) is -6.19.